The summed E-state index contributed by atoms with van der Waals surface area (Å²) in [4.78, 5) is 9.81. The maximum Gasteiger partial charge on any atom is 0.220 e. The minimum atomic E-state index is -1.36. The molecule has 8 nitrogen and oxygen atoms in total. The maximum atomic E-state index is 12.2. The summed E-state index contributed by atoms with van der Waals surface area (Å²) in [5, 5.41) is 16.9. The van der Waals surface area contributed by atoms with Gasteiger partial charge in [-0.05, 0) is 39.3 Å². The smallest absolute Gasteiger partial charge is 0.220 e. The zero-order chi connectivity index (χ0) is 23.9. The molecular weight excluding hydrogens is 460 g/mol. The highest BCUT2D eigenvalue weighted by molar-refractivity contribution is 7.84. The van der Waals surface area contributed by atoms with Crippen LogP contribution >= 0.6 is 12.6 Å². The molecule has 178 valence electrons. The quantitative estimate of drug-likeness (QED) is 0.346. The zero-order valence-electron chi connectivity index (χ0n) is 19.2. The number of nitrogens with zero attached hydrogens (tertiary/aromatic N) is 2. The second kappa shape index (κ2) is 9.34. The van der Waals surface area contributed by atoms with Gasteiger partial charge in [-0.1, -0.05) is 18.7 Å². The van der Waals surface area contributed by atoms with E-state index in [0.29, 0.717) is 29.2 Å². The molecule has 1 saturated heterocycles. The normalized spacial score (nSPS) is 26.6. The van der Waals surface area contributed by atoms with E-state index < -0.39 is 16.6 Å². The van der Waals surface area contributed by atoms with Gasteiger partial charge >= 0.3 is 0 Å². The number of ether oxygens (including phenoxy) is 2. The monoisotopic (exact) mass is 490 g/mol. The Morgan fingerprint density at radius 3 is 2.67 bits per heavy atom. The van der Waals surface area contributed by atoms with Crippen molar-refractivity contribution in [2.24, 2.45) is 5.92 Å². The van der Waals surface area contributed by atoms with E-state index in [2.05, 4.69) is 39.8 Å². The molecule has 1 aromatic heterocycles. The van der Waals surface area contributed by atoms with Crippen LogP contribution in [-0.2, 0) is 20.3 Å². The highest BCUT2D eigenvalue weighted by Crippen LogP contribution is 2.43. The number of aliphatic hydroxyl groups is 1. The molecule has 3 N–H and O–H groups in total. The second-order valence-electron chi connectivity index (χ2n) is 8.88. The van der Waals surface area contributed by atoms with Gasteiger partial charge in [-0.15, -0.1) is 12.6 Å². The Labute approximate surface area is 202 Å². The van der Waals surface area contributed by atoms with Crippen molar-refractivity contribution in [3.05, 3.63) is 42.1 Å². The first-order chi connectivity index (χ1) is 15.6. The number of benzene rings is 1. The van der Waals surface area contributed by atoms with Crippen LogP contribution in [-0.4, -0.2) is 56.2 Å². The van der Waals surface area contributed by atoms with Crippen LogP contribution in [0, 0.1) is 12.8 Å². The first-order valence-electron chi connectivity index (χ1n) is 10.8. The lowest BCUT2D eigenvalue weighted by molar-refractivity contribution is -0.158. The average Bonchev–Trinajstić information content (AvgIpc) is 3.22. The number of hydrogen-bond donors (Lipinski definition) is 4. The molecule has 2 aromatic rings. The molecule has 1 aliphatic heterocycles. The second-order valence-corrected chi connectivity index (χ2v) is 10.6. The molecule has 5 atom stereocenters. The van der Waals surface area contributed by atoms with Gasteiger partial charge in [0.15, 0.2) is 5.79 Å². The summed E-state index contributed by atoms with van der Waals surface area (Å²) in [5.41, 5.74) is 2.71. The first-order valence-corrected chi connectivity index (χ1v) is 12.8. The van der Waals surface area contributed by atoms with E-state index in [4.69, 9.17) is 9.47 Å². The van der Waals surface area contributed by atoms with Gasteiger partial charge in [0.2, 0.25) is 5.16 Å². The predicted octanol–water partition coefficient (Wildman–Crippen LogP) is 3.21. The van der Waals surface area contributed by atoms with E-state index in [9.17, 15) is 9.32 Å². The van der Waals surface area contributed by atoms with Crippen LogP contribution < -0.4 is 10.6 Å². The molecule has 10 heteroatoms. The Hall–Kier alpha value is -1.98. The molecule has 1 aromatic carbocycles. The highest BCUT2D eigenvalue weighted by Gasteiger charge is 2.54. The molecular formula is C23H30N4O4S2. The molecule has 2 aliphatic rings. The van der Waals surface area contributed by atoms with Crippen LogP contribution in [0.4, 0.5) is 11.5 Å². The lowest BCUT2D eigenvalue weighted by Gasteiger charge is -2.25. The Morgan fingerprint density at radius 1 is 1.30 bits per heavy atom. The van der Waals surface area contributed by atoms with Crippen molar-refractivity contribution < 1.29 is 18.8 Å². The molecule has 2 fully saturated rings. The van der Waals surface area contributed by atoms with E-state index in [0.717, 1.165) is 10.6 Å². The van der Waals surface area contributed by atoms with Crippen molar-refractivity contribution in [3.63, 3.8) is 0 Å². The van der Waals surface area contributed by atoms with Crippen LogP contribution in [0.1, 0.15) is 31.5 Å². The molecule has 4 rings (SSSR count). The topological polar surface area (TPSA) is 106 Å². The van der Waals surface area contributed by atoms with Gasteiger partial charge in [0.1, 0.15) is 11.9 Å². The van der Waals surface area contributed by atoms with Gasteiger partial charge in [0, 0.05) is 29.4 Å². The molecule has 1 saturated carbocycles. The summed E-state index contributed by atoms with van der Waals surface area (Å²) in [6.45, 7) is 9.80. The third-order valence-electron chi connectivity index (χ3n) is 5.96. The van der Waals surface area contributed by atoms with Crippen molar-refractivity contribution in [3.8, 4) is 0 Å². The predicted molar refractivity (Wildman–Crippen MR) is 132 cm³/mol. The number of aliphatic hydroxyl groups excluding tert-OH is 1. The number of aromatic nitrogens is 2. The summed E-state index contributed by atoms with van der Waals surface area (Å²) in [5.74, 6) is -0.277. The van der Waals surface area contributed by atoms with Gasteiger partial charge < -0.3 is 25.2 Å². The lowest BCUT2D eigenvalue weighted by atomic mass is 10.1. The Morgan fingerprint density at radius 2 is 2.00 bits per heavy atom. The fourth-order valence-electron chi connectivity index (χ4n) is 4.53. The maximum absolute atomic E-state index is 12.2. The van der Waals surface area contributed by atoms with Gasteiger partial charge in [0.05, 0.1) is 39.9 Å². The van der Waals surface area contributed by atoms with Gasteiger partial charge in [-0.3, -0.25) is 4.21 Å². The van der Waals surface area contributed by atoms with Gasteiger partial charge in [-0.2, -0.15) is 0 Å². The highest BCUT2D eigenvalue weighted by atomic mass is 32.2. The van der Waals surface area contributed by atoms with Crippen molar-refractivity contribution in [2.75, 3.05) is 23.5 Å². The Kier molecular flexibility index (Phi) is 6.84. The van der Waals surface area contributed by atoms with E-state index in [-0.39, 0.29) is 35.9 Å². The fraction of sp³-hybridized carbons (Fsp3) is 0.478. The zero-order valence-corrected chi connectivity index (χ0v) is 20.9. The summed E-state index contributed by atoms with van der Waals surface area (Å²) in [7, 11) is -1.36. The molecule has 0 amide bonds. The number of anilines is 2. The molecule has 1 unspecified atom stereocenters. The molecule has 2 heterocycles. The first kappa shape index (κ1) is 24.2. The van der Waals surface area contributed by atoms with Crippen molar-refractivity contribution >= 4 is 40.6 Å². The van der Waals surface area contributed by atoms with Crippen molar-refractivity contribution in [2.45, 2.75) is 61.3 Å². The van der Waals surface area contributed by atoms with Crippen LogP contribution in [0.2, 0.25) is 0 Å². The third-order valence-corrected chi connectivity index (χ3v) is 7.04. The number of aryl methyl sites for hydroxylation is 1. The minimum Gasteiger partial charge on any atom is -0.396 e. The molecule has 0 spiro atoms. The summed E-state index contributed by atoms with van der Waals surface area (Å²) in [6.07, 6.45) is 1.72. The van der Waals surface area contributed by atoms with Gasteiger partial charge in [-0.25, -0.2) is 9.97 Å². The van der Waals surface area contributed by atoms with Crippen molar-refractivity contribution in [1.82, 2.24) is 9.97 Å². The summed E-state index contributed by atoms with van der Waals surface area (Å²) in [6, 6.07) is 7.45. The number of rotatable bonds is 7. The molecule has 0 bridgehead atoms. The van der Waals surface area contributed by atoms with Crippen LogP contribution in [0.3, 0.4) is 0 Å². The van der Waals surface area contributed by atoms with E-state index in [1.807, 2.05) is 45.0 Å². The van der Waals surface area contributed by atoms with Gasteiger partial charge in [0.25, 0.3) is 0 Å². The minimum absolute atomic E-state index is 0.00562. The SMILES string of the molecule is C=C(Nc1ccccc1S)c1c(C)nc(S(C)=O)nc1N[C@@H]1C[C@H](CO)[C@H]2OC(C)(C)O[C@H]21. The van der Waals surface area contributed by atoms with Crippen LogP contribution in [0.25, 0.3) is 5.70 Å². The number of fused-ring (bicyclic) bond motifs is 1. The molecule has 0 radical (unpaired) electrons. The molecule has 1 aliphatic carbocycles. The number of thiol groups is 1. The van der Waals surface area contributed by atoms with Crippen LogP contribution in [0.5, 0.6) is 0 Å². The van der Waals surface area contributed by atoms with Crippen LogP contribution in [0.15, 0.2) is 40.9 Å². The Bertz CT molecular complexity index is 1090. The van der Waals surface area contributed by atoms with E-state index in [1.54, 1.807) is 6.26 Å². The van der Waals surface area contributed by atoms with E-state index >= 15 is 0 Å². The Balaban J connectivity index is 1.69. The number of nitrogens with one attached hydrogen (secondary N) is 2. The third kappa shape index (κ3) is 4.95. The number of hydrogen-bond acceptors (Lipinski definition) is 9. The standard InChI is InChI=1S/C23H30N4O4S2/c1-12(24-15-8-6-7-9-17(15)32)18-13(2)25-22(33(5)29)27-21(18)26-16-10-14(11-28)19-20(16)31-23(3,4)30-19/h6-9,14,16,19-20,24,28,32H,1,10-11H2,2-5H3,(H,25,26,27)/t14-,16-,19-,20+,33?/m1/s1. The lowest BCUT2D eigenvalue weighted by Crippen LogP contribution is -2.35. The van der Waals surface area contributed by atoms with E-state index in [1.165, 1.54) is 0 Å². The number of para-hydroxylation sites is 1. The molecule has 33 heavy (non-hydrogen) atoms. The van der Waals surface area contributed by atoms with Crippen molar-refractivity contribution in [1.29, 1.82) is 0 Å². The largest absolute Gasteiger partial charge is 0.396 e. The summed E-state index contributed by atoms with van der Waals surface area (Å²) >= 11 is 4.51. The average molecular weight is 491 g/mol. The summed E-state index contributed by atoms with van der Waals surface area (Å²) < 4.78 is 24.4. The fourth-order valence-corrected chi connectivity index (χ4v) is 5.23.